The smallest absolute Gasteiger partial charge is 0.309 e. The molecule has 1 aliphatic heterocycles. The zero-order chi connectivity index (χ0) is 14.7. The van der Waals surface area contributed by atoms with Gasteiger partial charge in [-0.25, -0.2) is 0 Å². The summed E-state index contributed by atoms with van der Waals surface area (Å²) in [6, 6.07) is 6.09. The van der Waals surface area contributed by atoms with Crippen molar-refractivity contribution in [2.24, 2.45) is 5.92 Å². The number of nitrogens with zero attached hydrogens (tertiary/aromatic N) is 1. The number of hydrogen-bond acceptors (Lipinski definition) is 4. The third kappa shape index (κ3) is 3.73. The first-order valence-electron chi connectivity index (χ1n) is 6.71. The SMILES string of the molecule is COC(=O)C(C)CN(C)CC1Cc2cc(Br)ccc2O1. The van der Waals surface area contributed by atoms with Crippen LogP contribution in [-0.2, 0) is 16.0 Å². The molecule has 2 rings (SSSR count). The lowest BCUT2D eigenvalue weighted by molar-refractivity contribution is -0.145. The van der Waals surface area contributed by atoms with E-state index < -0.39 is 0 Å². The molecule has 4 nitrogen and oxygen atoms in total. The average Bonchev–Trinajstić information content (AvgIpc) is 2.78. The van der Waals surface area contributed by atoms with Crippen molar-refractivity contribution in [1.29, 1.82) is 0 Å². The van der Waals surface area contributed by atoms with Gasteiger partial charge < -0.3 is 14.4 Å². The second kappa shape index (κ2) is 6.59. The van der Waals surface area contributed by atoms with Crippen molar-refractivity contribution in [2.75, 3.05) is 27.2 Å². The number of rotatable bonds is 5. The van der Waals surface area contributed by atoms with Crippen LogP contribution in [-0.4, -0.2) is 44.2 Å². The van der Waals surface area contributed by atoms with Gasteiger partial charge in [-0.2, -0.15) is 0 Å². The Morgan fingerprint density at radius 1 is 1.60 bits per heavy atom. The number of carbonyl (C=O) groups is 1. The van der Waals surface area contributed by atoms with Crippen molar-refractivity contribution < 1.29 is 14.3 Å². The second-order valence-electron chi connectivity index (χ2n) is 5.34. The first-order valence-corrected chi connectivity index (χ1v) is 7.50. The summed E-state index contributed by atoms with van der Waals surface area (Å²) < 4.78 is 11.7. The fraction of sp³-hybridized carbons (Fsp3) is 0.533. The van der Waals surface area contributed by atoms with E-state index >= 15 is 0 Å². The van der Waals surface area contributed by atoms with Gasteiger partial charge in [0.1, 0.15) is 11.9 Å². The molecular formula is C15H20BrNO3. The molecule has 1 aromatic rings. The van der Waals surface area contributed by atoms with Crippen LogP contribution in [0.2, 0.25) is 0 Å². The number of fused-ring (bicyclic) bond motifs is 1. The van der Waals surface area contributed by atoms with Crippen molar-refractivity contribution in [3.63, 3.8) is 0 Å². The van der Waals surface area contributed by atoms with Crippen LogP contribution in [0.3, 0.4) is 0 Å². The molecule has 0 aromatic heterocycles. The van der Waals surface area contributed by atoms with Crippen LogP contribution in [0, 0.1) is 5.92 Å². The molecule has 2 unspecified atom stereocenters. The molecule has 20 heavy (non-hydrogen) atoms. The highest BCUT2D eigenvalue weighted by Gasteiger charge is 2.25. The molecule has 0 fully saturated rings. The molecule has 0 spiro atoms. The Morgan fingerprint density at radius 2 is 2.35 bits per heavy atom. The van der Waals surface area contributed by atoms with Gasteiger partial charge in [0.15, 0.2) is 0 Å². The maximum absolute atomic E-state index is 11.4. The van der Waals surface area contributed by atoms with Gasteiger partial charge >= 0.3 is 5.97 Å². The Labute approximate surface area is 128 Å². The van der Waals surface area contributed by atoms with E-state index in [1.165, 1.54) is 12.7 Å². The molecule has 0 aliphatic carbocycles. The van der Waals surface area contributed by atoms with E-state index in [-0.39, 0.29) is 18.0 Å². The van der Waals surface area contributed by atoms with E-state index in [4.69, 9.17) is 9.47 Å². The quantitative estimate of drug-likeness (QED) is 0.771. The lowest BCUT2D eigenvalue weighted by Gasteiger charge is -2.22. The van der Waals surface area contributed by atoms with Crippen molar-refractivity contribution in [1.82, 2.24) is 4.90 Å². The van der Waals surface area contributed by atoms with Crippen LogP contribution < -0.4 is 4.74 Å². The van der Waals surface area contributed by atoms with Gasteiger partial charge in [0.25, 0.3) is 0 Å². The Morgan fingerprint density at radius 3 is 3.05 bits per heavy atom. The first kappa shape index (κ1) is 15.3. The molecule has 1 aliphatic rings. The zero-order valence-electron chi connectivity index (χ0n) is 12.1. The molecule has 110 valence electrons. The molecule has 0 amide bonds. The molecule has 0 N–H and O–H groups in total. The maximum Gasteiger partial charge on any atom is 0.309 e. The third-order valence-corrected chi connectivity index (χ3v) is 3.96. The van der Waals surface area contributed by atoms with Crippen LogP contribution >= 0.6 is 15.9 Å². The summed E-state index contributed by atoms with van der Waals surface area (Å²) in [4.78, 5) is 13.5. The van der Waals surface area contributed by atoms with Crippen LogP contribution in [0.1, 0.15) is 12.5 Å². The molecule has 5 heteroatoms. The van der Waals surface area contributed by atoms with Gasteiger partial charge in [-0.1, -0.05) is 22.9 Å². The minimum atomic E-state index is -0.170. The predicted octanol–water partition coefficient (Wildman–Crippen LogP) is 2.49. The lowest BCUT2D eigenvalue weighted by Crippen LogP contribution is -2.36. The average molecular weight is 342 g/mol. The Balaban J connectivity index is 1.85. The minimum Gasteiger partial charge on any atom is -0.488 e. The molecule has 0 saturated carbocycles. The van der Waals surface area contributed by atoms with Crippen molar-refractivity contribution in [3.05, 3.63) is 28.2 Å². The van der Waals surface area contributed by atoms with E-state index in [1.807, 2.05) is 26.1 Å². The summed E-state index contributed by atoms with van der Waals surface area (Å²) in [5.74, 6) is 0.673. The number of ether oxygens (including phenoxy) is 2. The van der Waals surface area contributed by atoms with E-state index in [0.717, 1.165) is 23.2 Å². The molecular weight excluding hydrogens is 322 g/mol. The maximum atomic E-state index is 11.4. The summed E-state index contributed by atoms with van der Waals surface area (Å²) in [6.07, 6.45) is 1.06. The predicted molar refractivity (Wildman–Crippen MR) is 80.9 cm³/mol. The topological polar surface area (TPSA) is 38.8 Å². The summed E-state index contributed by atoms with van der Waals surface area (Å²) in [5.41, 5.74) is 1.23. The van der Waals surface area contributed by atoms with Gasteiger partial charge in [-0.3, -0.25) is 4.79 Å². The number of benzene rings is 1. The number of halogens is 1. The fourth-order valence-electron chi connectivity index (χ4n) is 2.56. The zero-order valence-corrected chi connectivity index (χ0v) is 13.6. The van der Waals surface area contributed by atoms with Crippen LogP contribution in [0.5, 0.6) is 5.75 Å². The number of carbonyl (C=O) groups excluding carboxylic acids is 1. The van der Waals surface area contributed by atoms with Gasteiger partial charge in [0.05, 0.1) is 13.0 Å². The highest BCUT2D eigenvalue weighted by molar-refractivity contribution is 9.10. The van der Waals surface area contributed by atoms with Gasteiger partial charge in [-0.05, 0) is 30.8 Å². The highest BCUT2D eigenvalue weighted by Crippen LogP contribution is 2.31. The highest BCUT2D eigenvalue weighted by atomic mass is 79.9. The second-order valence-corrected chi connectivity index (χ2v) is 6.26. The molecule has 0 bridgehead atoms. The summed E-state index contributed by atoms with van der Waals surface area (Å²) in [5, 5.41) is 0. The number of likely N-dealkylation sites (N-methyl/N-ethyl adjacent to an activating group) is 1. The summed E-state index contributed by atoms with van der Waals surface area (Å²) in [6.45, 7) is 3.35. The van der Waals surface area contributed by atoms with Gasteiger partial charge in [-0.15, -0.1) is 0 Å². The van der Waals surface area contributed by atoms with Crippen LogP contribution in [0.15, 0.2) is 22.7 Å². The number of esters is 1. The summed E-state index contributed by atoms with van der Waals surface area (Å²) in [7, 11) is 3.43. The lowest BCUT2D eigenvalue weighted by atomic mass is 10.1. The van der Waals surface area contributed by atoms with Crippen LogP contribution in [0.4, 0.5) is 0 Å². The van der Waals surface area contributed by atoms with E-state index in [2.05, 4.69) is 26.9 Å². The normalized spacial score (nSPS) is 18.6. The van der Waals surface area contributed by atoms with E-state index in [1.54, 1.807) is 0 Å². The van der Waals surface area contributed by atoms with Crippen molar-refractivity contribution in [2.45, 2.75) is 19.4 Å². The van der Waals surface area contributed by atoms with Gasteiger partial charge in [0.2, 0.25) is 0 Å². The minimum absolute atomic E-state index is 0.122. The van der Waals surface area contributed by atoms with E-state index in [9.17, 15) is 4.79 Å². The fourth-order valence-corrected chi connectivity index (χ4v) is 2.96. The molecule has 1 heterocycles. The van der Waals surface area contributed by atoms with Crippen molar-refractivity contribution >= 4 is 21.9 Å². The number of hydrogen-bond donors (Lipinski definition) is 0. The monoisotopic (exact) mass is 341 g/mol. The Hall–Kier alpha value is -1.07. The number of methoxy groups -OCH3 is 1. The third-order valence-electron chi connectivity index (χ3n) is 3.47. The van der Waals surface area contributed by atoms with Gasteiger partial charge in [0, 0.05) is 24.0 Å². The first-order chi connectivity index (χ1) is 9.49. The Bertz CT molecular complexity index is 492. The standard InChI is InChI=1S/C15H20BrNO3/c1-10(15(18)19-3)8-17(2)9-13-7-11-6-12(16)4-5-14(11)20-13/h4-6,10,13H,7-9H2,1-3H3. The van der Waals surface area contributed by atoms with E-state index in [0.29, 0.717) is 6.54 Å². The summed E-state index contributed by atoms with van der Waals surface area (Å²) >= 11 is 3.47. The molecule has 2 atom stereocenters. The van der Waals surface area contributed by atoms with Crippen molar-refractivity contribution in [3.8, 4) is 5.75 Å². The molecule has 1 aromatic carbocycles. The molecule has 0 radical (unpaired) electrons. The molecule has 0 saturated heterocycles. The largest absolute Gasteiger partial charge is 0.488 e. The Kier molecular flexibility index (Phi) is 5.05. The van der Waals surface area contributed by atoms with Crippen LogP contribution in [0.25, 0.3) is 0 Å².